The summed E-state index contributed by atoms with van der Waals surface area (Å²) in [6, 6.07) is 8.13. The molecule has 0 atom stereocenters. The molecular formula is C17H12F3NO4. The van der Waals surface area contributed by atoms with E-state index in [0.717, 1.165) is 18.2 Å². The average Bonchev–Trinajstić information content (AvgIpc) is 2.54. The van der Waals surface area contributed by atoms with Crippen LogP contribution in [0.2, 0.25) is 0 Å². The number of benzene rings is 2. The summed E-state index contributed by atoms with van der Waals surface area (Å²) >= 11 is 0. The van der Waals surface area contributed by atoms with Gasteiger partial charge in [0.2, 0.25) is 0 Å². The number of fused-ring (bicyclic) bond motifs is 1. The van der Waals surface area contributed by atoms with Crippen molar-refractivity contribution in [2.24, 2.45) is 0 Å². The van der Waals surface area contributed by atoms with Crippen LogP contribution >= 0.6 is 0 Å². The zero-order valence-corrected chi connectivity index (χ0v) is 12.6. The van der Waals surface area contributed by atoms with Crippen molar-refractivity contribution in [2.75, 3.05) is 5.32 Å². The van der Waals surface area contributed by atoms with Crippen molar-refractivity contribution in [3.63, 3.8) is 0 Å². The molecule has 3 rings (SSSR count). The molecule has 3 N–H and O–H groups in total. The zero-order chi connectivity index (χ0) is 18.2. The number of halogens is 3. The molecule has 0 saturated heterocycles. The molecule has 5 nitrogen and oxygen atoms in total. The second-order valence-electron chi connectivity index (χ2n) is 5.36. The lowest BCUT2D eigenvalue weighted by Gasteiger charge is -2.12. The van der Waals surface area contributed by atoms with Crippen LogP contribution in [-0.4, -0.2) is 10.2 Å². The Morgan fingerprint density at radius 3 is 2.48 bits per heavy atom. The molecule has 0 aliphatic rings. The van der Waals surface area contributed by atoms with Crippen molar-refractivity contribution in [3.8, 4) is 11.5 Å². The summed E-state index contributed by atoms with van der Waals surface area (Å²) in [5.74, 6) is -0.847. The van der Waals surface area contributed by atoms with Crippen LogP contribution in [-0.2, 0) is 12.7 Å². The number of phenols is 2. The van der Waals surface area contributed by atoms with Gasteiger partial charge in [0, 0.05) is 29.8 Å². The zero-order valence-electron chi connectivity index (χ0n) is 12.6. The quantitative estimate of drug-likeness (QED) is 0.493. The number of aromatic hydroxyl groups is 2. The molecule has 130 valence electrons. The SMILES string of the molecule is O=c1cc(CNc2cccc(C(F)(F)F)c2)c2cc(O)c(O)cc2o1. The van der Waals surface area contributed by atoms with Gasteiger partial charge in [-0.2, -0.15) is 13.2 Å². The smallest absolute Gasteiger partial charge is 0.416 e. The molecule has 25 heavy (non-hydrogen) atoms. The fraction of sp³-hybridized carbons (Fsp3) is 0.118. The fourth-order valence-electron chi connectivity index (χ4n) is 2.40. The van der Waals surface area contributed by atoms with Gasteiger partial charge in [-0.05, 0) is 29.8 Å². The van der Waals surface area contributed by atoms with Gasteiger partial charge in [0.15, 0.2) is 11.5 Å². The van der Waals surface area contributed by atoms with Crippen molar-refractivity contribution >= 4 is 16.7 Å². The van der Waals surface area contributed by atoms with E-state index in [4.69, 9.17) is 4.42 Å². The monoisotopic (exact) mass is 351 g/mol. The minimum Gasteiger partial charge on any atom is -0.504 e. The highest BCUT2D eigenvalue weighted by Gasteiger charge is 2.30. The van der Waals surface area contributed by atoms with E-state index in [1.165, 1.54) is 24.3 Å². The molecule has 0 saturated carbocycles. The first-order valence-corrected chi connectivity index (χ1v) is 7.14. The third-order valence-electron chi connectivity index (χ3n) is 3.60. The van der Waals surface area contributed by atoms with Crippen LogP contribution in [0.1, 0.15) is 11.1 Å². The van der Waals surface area contributed by atoms with Crippen LogP contribution in [0, 0.1) is 0 Å². The summed E-state index contributed by atoms with van der Waals surface area (Å²) < 4.78 is 43.2. The number of hydrogen-bond acceptors (Lipinski definition) is 5. The summed E-state index contributed by atoms with van der Waals surface area (Å²) in [7, 11) is 0. The Kier molecular flexibility index (Phi) is 4.03. The van der Waals surface area contributed by atoms with Crippen LogP contribution < -0.4 is 10.9 Å². The minimum atomic E-state index is -4.46. The van der Waals surface area contributed by atoms with E-state index in [1.54, 1.807) is 0 Å². The Morgan fingerprint density at radius 2 is 1.76 bits per heavy atom. The van der Waals surface area contributed by atoms with E-state index in [9.17, 15) is 28.2 Å². The average molecular weight is 351 g/mol. The third-order valence-corrected chi connectivity index (χ3v) is 3.60. The van der Waals surface area contributed by atoms with Crippen molar-refractivity contribution in [1.82, 2.24) is 0 Å². The van der Waals surface area contributed by atoms with E-state index in [0.29, 0.717) is 10.9 Å². The Hall–Kier alpha value is -3.16. The molecule has 0 spiro atoms. The van der Waals surface area contributed by atoms with Gasteiger partial charge in [-0.25, -0.2) is 4.79 Å². The maximum atomic E-state index is 12.7. The topological polar surface area (TPSA) is 82.7 Å². The van der Waals surface area contributed by atoms with Crippen molar-refractivity contribution < 1.29 is 27.8 Å². The molecule has 0 radical (unpaired) electrons. The van der Waals surface area contributed by atoms with Crippen molar-refractivity contribution in [1.29, 1.82) is 0 Å². The lowest BCUT2D eigenvalue weighted by Crippen LogP contribution is -2.08. The van der Waals surface area contributed by atoms with Crippen molar-refractivity contribution in [2.45, 2.75) is 12.7 Å². The molecule has 0 unspecified atom stereocenters. The van der Waals surface area contributed by atoms with E-state index >= 15 is 0 Å². The van der Waals surface area contributed by atoms with E-state index in [2.05, 4.69) is 5.32 Å². The molecule has 0 aliphatic heterocycles. The minimum absolute atomic E-state index is 0.0215. The first kappa shape index (κ1) is 16.7. The normalized spacial score (nSPS) is 11.6. The Labute approximate surface area is 139 Å². The largest absolute Gasteiger partial charge is 0.504 e. The Balaban J connectivity index is 1.94. The first-order valence-electron chi connectivity index (χ1n) is 7.14. The summed E-state index contributed by atoms with van der Waals surface area (Å²) in [6.45, 7) is 0.0215. The lowest BCUT2D eigenvalue weighted by molar-refractivity contribution is -0.137. The molecule has 3 aromatic rings. The van der Waals surface area contributed by atoms with E-state index in [1.807, 2.05) is 0 Å². The van der Waals surface area contributed by atoms with Crippen molar-refractivity contribution in [3.05, 3.63) is 64.0 Å². The molecule has 0 bridgehead atoms. The van der Waals surface area contributed by atoms with Gasteiger partial charge in [0.05, 0.1) is 5.56 Å². The number of nitrogens with one attached hydrogen (secondary N) is 1. The van der Waals surface area contributed by atoms with Gasteiger partial charge in [-0.15, -0.1) is 0 Å². The maximum absolute atomic E-state index is 12.7. The predicted molar refractivity (Wildman–Crippen MR) is 84.6 cm³/mol. The number of phenolic OH excluding ortho intramolecular Hbond substituents is 2. The van der Waals surface area contributed by atoms with Crippen LogP contribution in [0.15, 0.2) is 51.7 Å². The number of anilines is 1. The van der Waals surface area contributed by atoms with E-state index < -0.39 is 28.9 Å². The lowest BCUT2D eigenvalue weighted by atomic mass is 10.1. The van der Waals surface area contributed by atoms with Crippen LogP contribution in [0.5, 0.6) is 11.5 Å². The van der Waals surface area contributed by atoms with Crippen LogP contribution in [0.25, 0.3) is 11.0 Å². The molecule has 2 aromatic carbocycles. The number of rotatable bonds is 3. The summed E-state index contributed by atoms with van der Waals surface area (Å²) in [4.78, 5) is 11.6. The van der Waals surface area contributed by atoms with Crippen LogP contribution in [0.4, 0.5) is 18.9 Å². The maximum Gasteiger partial charge on any atom is 0.416 e. The highest BCUT2D eigenvalue weighted by molar-refractivity contribution is 5.84. The van der Waals surface area contributed by atoms with Gasteiger partial charge >= 0.3 is 11.8 Å². The summed E-state index contributed by atoms with van der Waals surface area (Å²) in [5, 5.41) is 22.2. The molecule has 8 heteroatoms. The molecule has 0 amide bonds. The van der Waals surface area contributed by atoms with Crippen LogP contribution in [0.3, 0.4) is 0 Å². The molecular weight excluding hydrogens is 339 g/mol. The Morgan fingerprint density at radius 1 is 1.04 bits per heavy atom. The predicted octanol–water partition coefficient (Wildman–Crippen LogP) is 3.84. The Bertz CT molecular complexity index is 995. The van der Waals surface area contributed by atoms with Gasteiger partial charge in [0.1, 0.15) is 5.58 Å². The molecule has 1 heterocycles. The van der Waals surface area contributed by atoms with Gasteiger partial charge in [-0.3, -0.25) is 0 Å². The molecule has 1 aromatic heterocycles. The second-order valence-corrected chi connectivity index (χ2v) is 5.36. The van der Waals surface area contributed by atoms with Gasteiger partial charge < -0.3 is 19.9 Å². The number of hydrogen-bond donors (Lipinski definition) is 3. The van der Waals surface area contributed by atoms with E-state index in [-0.39, 0.29) is 17.8 Å². The second kappa shape index (κ2) is 6.04. The van der Waals surface area contributed by atoms with Gasteiger partial charge in [0.25, 0.3) is 0 Å². The highest BCUT2D eigenvalue weighted by atomic mass is 19.4. The standard InChI is InChI=1S/C17H12F3NO4/c18-17(19,20)10-2-1-3-11(5-10)21-8-9-4-16(24)25-15-7-14(23)13(22)6-12(9)15/h1-7,21-23H,8H2. The fourth-order valence-corrected chi connectivity index (χ4v) is 2.40. The molecule has 0 fully saturated rings. The highest BCUT2D eigenvalue weighted by Crippen LogP contribution is 2.32. The summed E-state index contributed by atoms with van der Waals surface area (Å²) in [6.07, 6.45) is -4.46. The summed E-state index contributed by atoms with van der Waals surface area (Å²) in [5.41, 5.74) is -0.794. The molecule has 0 aliphatic carbocycles. The first-order chi connectivity index (χ1) is 11.7. The third kappa shape index (κ3) is 3.52. The number of alkyl halides is 3. The van der Waals surface area contributed by atoms with Gasteiger partial charge in [-0.1, -0.05) is 6.07 Å².